The summed E-state index contributed by atoms with van der Waals surface area (Å²) in [6.45, 7) is 5.43. The van der Waals surface area contributed by atoms with Gasteiger partial charge in [0.2, 0.25) is 0 Å². The van der Waals surface area contributed by atoms with E-state index >= 15 is 0 Å². The molecule has 1 aromatic rings. The van der Waals surface area contributed by atoms with Crippen LogP contribution in [0.4, 0.5) is 0 Å². The van der Waals surface area contributed by atoms with Crippen molar-refractivity contribution in [3.8, 4) is 5.75 Å². The fourth-order valence-electron chi connectivity index (χ4n) is 1.52. The third-order valence-electron chi connectivity index (χ3n) is 2.63. The van der Waals surface area contributed by atoms with E-state index in [-0.39, 0.29) is 12.5 Å². The predicted molar refractivity (Wildman–Crippen MR) is 66.3 cm³/mol. The maximum atomic E-state index is 11.6. The second-order valence-corrected chi connectivity index (χ2v) is 4.06. The Morgan fingerprint density at radius 2 is 2.06 bits per heavy atom. The molecule has 4 heteroatoms. The smallest absolute Gasteiger partial charge is 0.342 e. The standard InChI is InChI=1S/C13H18O4/c1-8(7-14)5-6-11-9(2)12(16-4)10(3)13(15)17-11/h5-6,8,14H,7H2,1-4H3/b6-5+/t8-/m1/s1. The van der Waals surface area contributed by atoms with Crippen LogP contribution in [-0.4, -0.2) is 18.8 Å². The van der Waals surface area contributed by atoms with Crippen LogP contribution < -0.4 is 10.4 Å². The Hall–Kier alpha value is -1.55. The topological polar surface area (TPSA) is 59.7 Å². The van der Waals surface area contributed by atoms with Gasteiger partial charge < -0.3 is 14.3 Å². The lowest BCUT2D eigenvalue weighted by Gasteiger charge is -2.09. The number of aliphatic hydroxyl groups is 1. The zero-order valence-corrected chi connectivity index (χ0v) is 10.6. The average Bonchev–Trinajstić information content (AvgIpc) is 2.32. The van der Waals surface area contributed by atoms with Gasteiger partial charge in [-0.1, -0.05) is 13.0 Å². The summed E-state index contributed by atoms with van der Waals surface area (Å²) < 4.78 is 10.4. The van der Waals surface area contributed by atoms with Gasteiger partial charge in [0.25, 0.3) is 0 Å². The van der Waals surface area contributed by atoms with Gasteiger partial charge in [-0.15, -0.1) is 0 Å². The lowest BCUT2D eigenvalue weighted by Crippen LogP contribution is -2.08. The summed E-state index contributed by atoms with van der Waals surface area (Å²) in [6.07, 6.45) is 3.49. The number of methoxy groups -OCH3 is 1. The summed E-state index contributed by atoms with van der Waals surface area (Å²) in [5.74, 6) is 1.04. The van der Waals surface area contributed by atoms with Crippen molar-refractivity contribution in [2.45, 2.75) is 20.8 Å². The zero-order valence-electron chi connectivity index (χ0n) is 10.6. The number of ether oxygens (including phenoxy) is 1. The fraction of sp³-hybridized carbons (Fsp3) is 0.462. The van der Waals surface area contributed by atoms with Crippen molar-refractivity contribution < 1.29 is 14.3 Å². The van der Waals surface area contributed by atoms with Crippen LogP contribution in [0.2, 0.25) is 0 Å². The first-order valence-electron chi connectivity index (χ1n) is 5.48. The van der Waals surface area contributed by atoms with Crippen LogP contribution in [-0.2, 0) is 0 Å². The minimum atomic E-state index is -0.399. The summed E-state index contributed by atoms with van der Waals surface area (Å²) in [5.41, 5.74) is 0.854. The van der Waals surface area contributed by atoms with Gasteiger partial charge in [0.1, 0.15) is 11.5 Å². The highest BCUT2D eigenvalue weighted by Gasteiger charge is 2.12. The molecular formula is C13H18O4. The minimum Gasteiger partial charge on any atom is -0.496 e. The van der Waals surface area contributed by atoms with E-state index in [9.17, 15) is 4.79 Å². The molecule has 94 valence electrons. The fourth-order valence-corrected chi connectivity index (χ4v) is 1.52. The van der Waals surface area contributed by atoms with Crippen molar-refractivity contribution in [2.24, 2.45) is 5.92 Å². The summed E-state index contributed by atoms with van der Waals surface area (Å²) in [6, 6.07) is 0. The van der Waals surface area contributed by atoms with Crippen LogP contribution in [0.1, 0.15) is 23.8 Å². The third-order valence-corrected chi connectivity index (χ3v) is 2.63. The van der Waals surface area contributed by atoms with Crippen LogP contribution in [0.5, 0.6) is 5.75 Å². The molecule has 1 atom stereocenters. The lowest BCUT2D eigenvalue weighted by atomic mass is 10.1. The van der Waals surface area contributed by atoms with Crippen molar-refractivity contribution >= 4 is 6.08 Å². The van der Waals surface area contributed by atoms with E-state index in [1.165, 1.54) is 7.11 Å². The highest BCUT2D eigenvalue weighted by atomic mass is 16.5. The van der Waals surface area contributed by atoms with Crippen LogP contribution in [0.15, 0.2) is 15.3 Å². The van der Waals surface area contributed by atoms with Gasteiger partial charge in [-0.05, 0) is 25.8 Å². The largest absolute Gasteiger partial charge is 0.496 e. The van der Waals surface area contributed by atoms with Gasteiger partial charge in [-0.25, -0.2) is 4.79 Å². The first-order chi connectivity index (χ1) is 8.01. The second-order valence-electron chi connectivity index (χ2n) is 4.06. The number of rotatable bonds is 4. The van der Waals surface area contributed by atoms with E-state index in [2.05, 4.69) is 0 Å². The third kappa shape index (κ3) is 2.97. The van der Waals surface area contributed by atoms with E-state index in [4.69, 9.17) is 14.3 Å². The van der Waals surface area contributed by atoms with Crippen molar-refractivity contribution in [2.75, 3.05) is 13.7 Å². The van der Waals surface area contributed by atoms with E-state index in [0.717, 1.165) is 5.56 Å². The molecule has 17 heavy (non-hydrogen) atoms. The van der Waals surface area contributed by atoms with E-state index < -0.39 is 5.63 Å². The molecule has 0 saturated heterocycles. The highest BCUT2D eigenvalue weighted by molar-refractivity contribution is 5.53. The maximum Gasteiger partial charge on any atom is 0.342 e. The van der Waals surface area contributed by atoms with Crippen LogP contribution in [0.3, 0.4) is 0 Å². The Kier molecular flexibility index (Phi) is 4.52. The van der Waals surface area contributed by atoms with Crippen molar-refractivity contribution in [1.29, 1.82) is 0 Å². The van der Waals surface area contributed by atoms with Gasteiger partial charge in [0.15, 0.2) is 0 Å². The summed E-state index contributed by atoms with van der Waals surface area (Å²) in [7, 11) is 1.53. The van der Waals surface area contributed by atoms with E-state index in [0.29, 0.717) is 17.1 Å². The highest BCUT2D eigenvalue weighted by Crippen LogP contribution is 2.24. The van der Waals surface area contributed by atoms with Crippen LogP contribution in [0.25, 0.3) is 6.08 Å². The molecule has 0 fully saturated rings. The molecule has 0 bridgehead atoms. The molecular weight excluding hydrogens is 220 g/mol. The molecule has 0 aliphatic rings. The summed E-state index contributed by atoms with van der Waals surface area (Å²) in [4.78, 5) is 11.6. The van der Waals surface area contributed by atoms with E-state index in [1.54, 1.807) is 19.1 Å². The molecule has 1 heterocycles. The molecule has 0 radical (unpaired) electrons. The number of hydrogen-bond acceptors (Lipinski definition) is 4. The maximum absolute atomic E-state index is 11.6. The van der Waals surface area contributed by atoms with E-state index in [1.807, 2.05) is 13.8 Å². The second kappa shape index (κ2) is 5.68. The van der Waals surface area contributed by atoms with Crippen LogP contribution in [0, 0.1) is 19.8 Å². The SMILES string of the molecule is COc1c(C)c(/C=C/[C@@H](C)CO)oc(=O)c1C. The molecule has 1 rings (SSSR count). The summed E-state index contributed by atoms with van der Waals surface area (Å²) >= 11 is 0. The normalized spacial score (nSPS) is 13.0. The first kappa shape index (κ1) is 13.5. The Balaban J connectivity index is 3.22. The first-order valence-corrected chi connectivity index (χ1v) is 5.48. The Morgan fingerprint density at radius 1 is 1.41 bits per heavy atom. The molecule has 0 unspecified atom stereocenters. The number of aliphatic hydroxyl groups excluding tert-OH is 1. The molecule has 0 aliphatic heterocycles. The van der Waals surface area contributed by atoms with Gasteiger partial charge in [0.05, 0.1) is 12.7 Å². The molecule has 0 spiro atoms. The average molecular weight is 238 g/mol. The Morgan fingerprint density at radius 3 is 2.59 bits per heavy atom. The quantitative estimate of drug-likeness (QED) is 0.870. The molecule has 0 saturated carbocycles. The number of hydrogen-bond donors (Lipinski definition) is 1. The molecule has 1 N–H and O–H groups in total. The van der Waals surface area contributed by atoms with Gasteiger partial charge in [-0.2, -0.15) is 0 Å². The van der Waals surface area contributed by atoms with Crippen molar-refractivity contribution in [3.05, 3.63) is 33.4 Å². The lowest BCUT2D eigenvalue weighted by molar-refractivity contribution is 0.262. The molecule has 1 aromatic heterocycles. The molecule has 0 amide bonds. The van der Waals surface area contributed by atoms with Gasteiger partial charge in [0, 0.05) is 12.2 Å². The monoisotopic (exact) mass is 238 g/mol. The van der Waals surface area contributed by atoms with Gasteiger partial charge >= 0.3 is 5.63 Å². The predicted octanol–water partition coefficient (Wildman–Crippen LogP) is 1.91. The summed E-state index contributed by atoms with van der Waals surface area (Å²) in [5, 5.41) is 8.91. The van der Waals surface area contributed by atoms with Crippen LogP contribution >= 0.6 is 0 Å². The van der Waals surface area contributed by atoms with Crippen molar-refractivity contribution in [1.82, 2.24) is 0 Å². The molecule has 0 aromatic carbocycles. The molecule has 0 aliphatic carbocycles. The Bertz CT molecular complexity index is 471. The van der Waals surface area contributed by atoms with Crippen molar-refractivity contribution in [3.63, 3.8) is 0 Å². The molecule has 4 nitrogen and oxygen atoms in total. The minimum absolute atomic E-state index is 0.0204. The Labute approximate surface area is 101 Å². The zero-order chi connectivity index (χ0) is 13.0. The van der Waals surface area contributed by atoms with Gasteiger partial charge in [-0.3, -0.25) is 0 Å².